The summed E-state index contributed by atoms with van der Waals surface area (Å²) in [5.41, 5.74) is 3.37. The van der Waals surface area contributed by atoms with Crippen LogP contribution < -0.4 is 15.0 Å². The second-order valence-electron chi connectivity index (χ2n) is 7.12. The van der Waals surface area contributed by atoms with Gasteiger partial charge in [0, 0.05) is 25.7 Å². The lowest BCUT2D eigenvalue weighted by Crippen LogP contribution is -2.42. The fourth-order valence-electron chi connectivity index (χ4n) is 3.29. The van der Waals surface area contributed by atoms with E-state index in [1.807, 2.05) is 44.2 Å². The molecule has 0 fully saturated rings. The Morgan fingerprint density at radius 2 is 1.79 bits per heavy atom. The Balaban J connectivity index is 1.56. The molecular formula is C22H25N3O4. The minimum Gasteiger partial charge on any atom is -0.482 e. The minimum atomic E-state index is -0.258. The molecule has 1 aliphatic heterocycles. The van der Waals surface area contributed by atoms with Crippen LogP contribution in [0.2, 0.25) is 0 Å². The molecule has 0 radical (unpaired) electrons. The number of carbonyl (C=O) groups excluding carboxylic acids is 3. The lowest BCUT2D eigenvalue weighted by Gasteiger charge is -2.29. The summed E-state index contributed by atoms with van der Waals surface area (Å²) in [5.74, 6) is -0.0303. The summed E-state index contributed by atoms with van der Waals surface area (Å²) < 4.78 is 5.41. The van der Waals surface area contributed by atoms with Gasteiger partial charge in [-0.05, 0) is 37.1 Å². The van der Waals surface area contributed by atoms with Crippen LogP contribution in [-0.2, 0) is 14.4 Å². The fraction of sp³-hybridized carbons (Fsp3) is 0.318. The Hall–Kier alpha value is -3.35. The smallest absolute Gasteiger partial charge is 0.265 e. The maximum Gasteiger partial charge on any atom is 0.265 e. The molecule has 7 heteroatoms. The molecule has 0 aliphatic carbocycles. The highest BCUT2D eigenvalue weighted by Crippen LogP contribution is 2.31. The molecule has 152 valence electrons. The number of amides is 3. The lowest BCUT2D eigenvalue weighted by molar-refractivity contribution is -0.133. The molecule has 0 unspecified atom stereocenters. The van der Waals surface area contributed by atoms with Crippen LogP contribution in [0.25, 0.3) is 0 Å². The van der Waals surface area contributed by atoms with E-state index >= 15 is 0 Å². The van der Waals surface area contributed by atoms with E-state index < -0.39 is 0 Å². The summed E-state index contributed by atoms with van der Waals surface area (Å²) >= 11 is 0. The van der Waals surface area contributed by atoms with E-state index in [2.05, 4.69) is 5.32 Å². The normalized spacial score (nSPS) is 12.8. The van der Waals surface area contributed by atoms with Crippen molar-refractivity contribution >= 4 is 29.1 Å². The van der Waals surface area contributed by atoms with Crippen LogP contribution in [0.1, 0.15) is 17.5 Å². The van der Waals surface area contributed by atoms with Crippen molar-refractivity contribution in [3.05, 3.63) is 53.6 Å². The maximum atomic E-state index is 12.5. The molecule has 3 rings (SSSR count). The van der Waals surface area contributed by atoms with E-state index in [0.717, 1.165) is 16.8 Å². The molecule has 0 aromatic heterocycles. The van der Waals surface area contributed by atoms with Crippen LogP contribution in [0.5, 0.6) is 5.75 Å². The number of anilines is 2. The first-order chi connectivity index (χ1) is 13.9. The van der Waals surface area contributed by atoms with Crippen molar-refractivity contribution in [1.29, 1.82) is 0 Å². The molecule has 1 aliphatic rings. The van der Waals surface area contributed by atoms with E-state index in [1.165, 1.54) is 4.90 Å². The lowest BCUT2D eigenvalue weighted by atomic mass is 10.1. The number of likely N-dealkylation sites (N-methyl/N-ethyl adjacent to an activating group) is 1. The average molecular weight is 395 g/mol. The second kappa shape index (κ2) is 8.77. The van der Waals surface area contributed by atoms with Gasteiger partial charge in [0.2, 0.25) is 11.8 Å². The van der Waals surface area contributed by atoms with Crippen molar-refractivity contribution in [3.8, 4) is 5.75 Å². The highest BCUT2D eigenvalue weighted by molar-refractivity contribution is 5.99. The Morgan fingerprint density at radius 3 is 2.52 bits per heavy atom. The number of ether oxygens (including phenoxy) is 1. The monoisotopic (exact) mass is 395 g/mol. The summed E-state index contributed by atoms with van der Waals surface area (Å²) in [6.45, 7) is 3.99. The van der Waals surface area contributed by atoms with Gasteiger partial charge in [-0.1, -0.05) is 30.3 Å². The van der Waals surface area contributed by atoms with Gasteiger partial charge >= 0.3 is 0 Å². The van der Waals surface area contributed by atoms with E-state index in [9.17, 15) is 14.4 Å². The number of fused-ring (bicyclic) bond motifs is 1. The van der Waals surface area contributed by atoms with E-state index in [4.69, 9.17) is 4.74 Å². The van der Waals surface area contributed by atoms with Crippen molar-refractivity contribution in [2.45, 2.75) is 20.3 Å². The predicted molar refractivity (Wildman–Crippen MR) is 111 cm³/mol. The van der Waals surface area contributed by atoms with Crippen LogP contribution in [0, 0.1) is 13.8 Å². The average Bonchev–Trinajstić information content (AvgIpc) is 2.70. The SMILES string of the molecule is Cc1cccc(C)c1NC(=O)CN(C)C(=O)CCN1C(=O)COc2ccccc21. The number of nitrogens with zero attached hydrogens (tertiary/aromatic N) is 2. The molecule has 0 spiro atoms. The summed E-state index contributed by atoms with van der Waals surface area (Å²) in [6, 6.07) is 13.0. The molecule has 2 aromatic rings. The molecular weight excluding hydrogens is 370 g/mol. The molecule has 0 bridgehead atoms. The molecule has 1 N–H and O–H groups in total. The van der Waals surface area contributed by atoms with Gasteiger partial charge in [0.15, 0.2) is 6.61 Å². The number of para-hydroxylation sites is 3. The summed E-state index contributed by atoms with van der Waals surface area (Å²) in [6.07, 6.45) is 0.118. The quantitative estimate of drug-likeness (QED) is 0.815. The van der Waals surface area contributed by atoms with Crippen LogP contribution in [-0.4, -0.2) is 49.4 Å². The molecule has 3 amide bonds. The first-order valence-corrected chi connectivity index (χ1v) is 9.49. The third-order valence-corrected chi connectivity index (χ3v) is 4.91. The van der Waals surface area contributed by atoms with Crippen LogP contribution in [0.4, 0.5) is 11.4 Å². The first kappa shape index (κ1) is 20.4. The standard InChI is InChI=1S/C22H25N3O4/c1-15-7-6-8-16(2)22(15)23-19(26)13-24(3)20(27)11-12-25-17-9-4-5-10-18(17)29-14-21(25)28/h4-10H,11-14H2,1-3H3,(H,23,26). The van der Waals surface area contributed by atoms with Crippen molar-refractivity contribution in [2.75, 3.05) is 37.0 Å². The van der Waals surface area contributed by atoms with Gasteiger partial charge in [-0.25, -0.2) is 0 Å². The molecule has 0 saturated carbocycles. The van der Waals surface area contributed by atoms with Crippen molar-refractivity contribution < 1.29 is 19.1 Å². The van der Waals surface area contributed by atoms with Crippen LogP contribution in [0.3, 0.4) is 0 Å². The Bertz CT molecular complexity index is 921. The number of carbonyl (C=O) groups is 3. The van der Waals surface area contributed by atoms with Gasteiger partial charge < -0.3 is 19.9 Å². The number of hydrogen-bond donors (Lipinski definition) is 1. The van der Waals surface area contributed by atoms with Gasteiger partial charge in [-0.3, -0.25) is 14.4 Å². The van der Waals surface area contributed by atoms with Gasteiger partial charge in [0.1, 0.15) is 5.75 Å². The third kappa shape index (κ3) is 4.74. The van der Waals surface area contributed by atoms with Gasteiger partial charge in [0.05, 0.1) is 12.2 Å². The third-order valence-electron chi connectivity index (χ3n) is 4.91. The number of nitrogens with one attached hydrogen (secondary N) is 1. The van der Waals surface area contributed by atoms with Crippen LogP contribution in [0.15, 0.2) is 42.5 Å². The number of rotatable bonds is 6. The topological polar surface area (TPSA) is 79.0 Å². The van der Waals surface area contributed by atoms with E-state index in [0.29, 0.717) is 11.4 Å². The summed E-state index contributed by atoms with van der Waals surface area (Å²) in [4.78, 5) is 40.0. The Morgan fingerprint density at radius 1 is 1.10 bits per heavy atom. The second-order valence-corrected chi connectivity index (χ2v) is 7.12. The molecule has 1 heterocycles. The van der Waals surface area contributed by atoms with E-state index in [1.54, 1.807) is 24.1 Å². The van der Waals surface area contributed by atoms with Gasteiger partial charge in [-0.15, -0.1) is 0 Å². The summed E-state index contributed by atoms with van der Waals surface area (Å²) in [7, 11) is 1.59. The minimum absolute atomic E-state index is 0.0424. The van der Waals surface area contributed by atoms with Gasteiger partial charge in [-0.2, -0.15) is 0 Å². The fourth-order valence-corrected chi connectivity index (χ4v) is 3.29. The Kier molecular flexibility index (Phi) is 6.16. The van der Waals surface area contributed by atoms with Crippen molar-refractivity contribution in [1.82, 2.24) is 4.90 Å². The van der Waals surface area contributed by atoms with Crippen molar-refractivity contribution in [3.63, 3.8) is 0 Å². The molecule has 7 nitrogen and oxygen atoms in total. The predicted octanol–water partition coefficient (Wildman–Crippen LogP) is 2.52. The number of hydrogen-bond acceptors (Lipinski definition) is 4. The molecule has 29 heavy (non-hydrogen) atoms. The van der Waals surface area contributed by atoms with E-state index in [-0.39, 0.29) is 43.8 Å². The zero-order valence-corrected chi connectivity index (χ0v) is 16.9. The maximum absolute atomic E-state index is 12.5. The first-order valence-electron chi connectivity index (χ1n) is 9.49. The number of benzene rings is 2. The molecule has 0 atom stereocenters. The summed E-state index contributed by atoms with van der Waals surface area (Å²) in [5, 5.41) is 2.88. The highest BCUT2D eigenvalue weighted by atomic mass is 16.5. The van der Waals surface area contributed by atoms with Crippen LogP contribution >= 0.6 is 0 Å². The van der Waals surface area contributed by atoms with Crippen molar-refractivity contribution in [2.24, 2.45) is 0 Å². The Labute approximate surface area is 170 Å². The molecule has 2 aromatic carbocycles. The molecule has 0 saturated heterocycles. The largest absolute Gasteiger partial charge is 0.482 e. The zero-order chi connectivity index (χ0) is 21.0. The number of aryl methyl sites for hydroxylation is 2. The van der Waals surface area contributed by atoms with Gasteiger partial charge in [0.25, 0.3) is 5.91 Å². The highest BCUT2D eigenvalue weighted by Gasteiger charge is 2.26. The zero-order valence-electron chi connectivity index (χ0n) is 16.9.